The van der Waals surface area contributed by atoms with Crippen LogP contribution >= 0.6 is 0 Å². The van der Waals surface area contributed by atoms with Crippen molar-refractivity contribution in [2.24, 2.45) is 0 Å². The number of aliphatic hydroxyl groups excluding tert-OH is 1. The average molecular weight is 408 g/mol. The van der Waals surface area contributed by atoms with E-state index >= 15 is 0 Å². The minimum atomic E-state index is -2.42. The van der Waals surface area contributed by atoms with Gasteiger partial charge < -0.3 is 30.9 Å². The molecule has 2 fully saturated rings. The maximum atomic E-state index is 11.9. The van der Waals surface area contributed by atoms with Crippen LogP contribution in [0.25, 0.3) is 0 Å². The zero-order chi connectivity index (χ0) is 21.8. The predicted molar refractivity (Wildman–Crippen MR) is 107 cm³/mol. The second-order valence-electron chi connectivity index (χ2n) is 6.05. The highest BCUT2D eigenvalue weighted by molar-refractivity contribution is 5.32. The van der Waals surface area contributed by atoms with E-state index in [9.17, 15) is 8.78 Å². The predicted octanol–water partition coefficient (Wildman–Crippen LogP) is 1.50. The summed E-state index contributed by atoms with van der Waals surface area (Å²) in [4.78, 5) is 8.36. The van der Waals surface area contributed by atoms with Crippen molar-refractivity contribution in [2.45, 2.75) is 31.8 Å². The number of β-amino-alcohol motifs (C(OH)–C–C–N with tert-alkyl or cyclic N) is 1. The average Bonchev–Trinajstić information content (AvgIpc) is 3.29. The highest BCUT2D eigenvalue weighted by atomic mass is 19.3. The van der Waals surface area contributed by atoms with Crippen LogP contribution in [0.4, 0.5) is 8.78 Å². The van der Waals surface area contributed by atoms with Gasteiger partial charge in [0.15, 0.2) is 0 Å². The van der Waals surface area contributed by atoms with Gasteiger partial charge in [-0.05, 0) is 46.1 Å². The molecular formula is C19H35F2N3O4. The van der Waals surface area contributed by atoms with E-state index in [0.717, 1.165) is 25.3 Å². The number of methoxy groups -OCH3 is 1. The van der Waals surface area contributed by atoms with E-state index in [1.54, 1.807) is 7.11 Å². The normalized spacial score (nSPS) is 18.5. The quantitative estimate of drug-likeness (QED) is 0.450. The first kappa shape index (κ1) is 28.4. The third kappa shape index (κ3) is 19.0. The zero-order valence-electron chi connectivity index (χ0n) is 17.2. The molecule has 164 valence electrons. The standard InChI is InChI=1S/C8H10O.C4H7F2N.C4H9NO.C2H7N.CH2O2/c1-7-3-5-8(9-2)6-4-7;5-4(6)1-2-7-3-4;6-4-1-2-5-3-4;1-3-2;2-1-3/h3-6H,1-2H3;7H,1-3H2;4-6H,1-3H2;3H,1-2H3;1H,(H,2,3). The lowest BCUT2D eigenvalue weighted by molar-refractivity contribution is -0.122. The lowest BCUT2D eigenvalue weighted by atomic mass is 10.2. The summed E-state index contributed by atoms with van der Waals surface area (Å²) >= 11 is 0. The van der Waals surface area contributed by atoms with Gasteiger partial charge in [-0.2, -0.15) is 0 Å². The van der Waals surface area contributed by atoms with Gasteiger partial charge in [-0.1, -0.05) is 17.7 Å². The van der Waals surface area contributed by atoms with E-state index in [4.69, 9.17) is 19.7 Å². The van der Waals surface area contributed by atoms with Gasteiger partial charge in [0.05, 0.1) is 19.8 Å². The molecule has 0 aliphatic carbocycles. The van der Waals surface area contributed by atoms with E-state index in [2.05, 4.69) is 22.9 Å². The van der Waals surface area contributed by atoms with Gasteiger partial charge in [-0.25, -0.2) is 8.78 Å². The Morgan fingerprint density at radius 1 is 1.21 bits per heavy atom. The fourth-order valence-corrected chi connectivity index (χ4v) is 1.94. The number of halogens is 2. The maximum absolute atomic E-state index is 11.9. The molecule has 2 heterocycles. The summed E-state index contributed by atoms with van der Waals surface area (Å²) in [5.41, 5.74) is 1.26. The number of carbonyl (C=O) groups is 1. The van der Waals surface area contributed by atoms with Gasteiger partial charge >= 0.3 is 0 Å². The number of aliphatic hydroxyl groups is 1. The van der Waals surface area contributed by atoms with Gasteiger partial charge in [0.1, 0.15) is 5.75 Å². The van der Waals surface area contributed by atoms with Gasteiger partial charge in [-0.15, -0.1) is 0 Å². The van der Waals surface area contributed by atoms with Crippen LogP contribution in [-0.2, 0) is 4.79 Å². The number of nitrogens with one attached hydrogen (secondary N) is 3. The first-order chi connectivity index (χ1) is 13.3. The molecule has 1 atom stereocenters. The summed E-state index contributed by atoms with van der Waals surface area (Å²) in [6, 6.07) is 7.96. The van der Waals surface area contributed by atoms with Crippen molar-refractivity contribution in [3.05, 3.63) is 29.8 Å². The van der Waals surface area contributed by atoms with Gasteiger partial charge in [-0.3, -0.25) is 4.79 Å². The smallest absolute Gasteiger partial charge is 0.290 e. The van der Waals surface area contributed by atoms with Crippen molar-refractivity contribution in [2.75, 3.05) is 47.4 Å². The molecule has 0 radical (unpaired) electrons. The Kier molecular flexibility index (Phi) is 18.8. The highest BCUT2D eigenvalue weighted by Crippen LogP contribution is 2.19. The Hall–Kier alpha value is -1.81. The summed E-state index contributed by atoms with van der Waals surface area (Å²) in [6.07, 6.45) is 0.873. The fraction of sp³-hybridized carbons (Fsp3) is 0.632. The Bertz CT molecular complexity index is 463. The Morgan fingerprint density at radius 3 is 1.96 bits per heavy atom. The lowest BCUT2D eigenvalue weighted by Crippen LogP contribution is -2.18. The third-order valence-corrected chi connectivity index (χ3v) is 3.34. The van der Waals surface area contributed by atoms with Crippen molar-refractivity contribution in [3.63, 3.8) is 0 Å². The molecule has 0 bridgehead atoms. The summed E-state index contributed by atoms with van der Waals surface area (Å²) < 4.78 is 28.7. The maximum Gasteiger partial charge on any atom is 0.290 e. The Morgan fingerprint density at radius 2 is 1.75 bits per heavy atom. The molecule has 1 aromatic carbocycles. The summed E-state index contributed by atoms with van der Waals surface area (Å²) in [7, 11) is 5.42. The number of carboxylic acid groups (broad SMARTS) is 1. The van der Waals surface area contributed by atoms with Crippen LogP contribution in [-0.4, -0.2) is 76.1 Å². The first-order valence-corrected chi connectivity index (χ1v) is 9.00. The summed E-state index contributed by atoms with van der Waals surface area (Å²) in [5, 5.41) is 23.9. The first-order valence-electron chi connectivity index (χ1n) is 9.00. The van der Waals surface area contributed by atoms with Crippen molar-refractivity contribution in [3.8, 4) is 5.75 Å². The molecule has 2 saturated heterocycles. The van der Waals surface area contributed by atoms with Gasteiger partial charge in [0.25, 0.3) is 12.4 Å². The van der Waals surface area contributed by atoms with Crippen LogP contribution in [0.5, 0.6) is 5.75 Å². The summed E-state index contributed by atoms with van der Waals surface area (Å²) in [5.74, 6) is -1.50. The molecule has 28 heavy (non-hydrogen) atoms. The van der Waals surface area contributed by atoms with Crippen molar-refractivity contribution in [1.82, 2.24) is 16.0 Å². The third-order valence-electron chi connectivity index (χ3n) is 3.34. The molecule has 5 N–H and O–H groups in total. The molecule has 2 aliphatic rings. The van der Waals surface area contributed by atoms with E-state index in [1.165, 1.54) is 5.56 Å². The fourth-order valence-electron chi connectivity index (χ4n) is 1.94. The largest absolute Gasteiger partial charge is 0.497 e. The molecule has 9 heteroatoms. The molecule has 0 aromatic heterocycles. The summed E-state index contributed by atoms with van der Waals surface area (Å²) in [6.45, 7) is 3.92. The highest BCUT2D eigenvalue weighted by Gasteiger charge is 2.32. The number of hydrogen-bond donors (Lipinski definition) is 5. The SMILES string of the molecule is CNC.COc1ccc(C)cc1.FC1(F)CCNC1.O=CO.OC1CCNC1. The number of hydrogen-bond acceptors (Lipinski definition) is 6. The number of alkyl halides is 2. The molecule has 1 aromatic rings. The molecule has 0 saturated carbocycles. The van der Waals surface area contributed by atoms with Crippen LogP contribution < -0.4 is 20.7 Å². The molecular weight excluding hydrogens is 372 g/mol. The number of rotatable bonds is 1. The van der Waals surface area contributed by atoms with E-state index in [-0.39, 0.29) is 25.5 Å². The number of aryl methyl sites for hydroxylation is 1. The Balaban J connectivity index is 0. The molecule has 0 spiro atoms. The van der Waals surface area contributed by atoms with Crippen LogP contribution in [0.1, 0.15) is 18.4 Å². The van der Waals surface area contributed by atoms with E-state index in [0.29, 0.717) is 6.54 Å². The van der Waals surface area contributed by atoms with Gasteiger partial charge in [0, 0.05) is 19.5 Å². The topological polar surface area (TPSA) is 103 Å². The van der Waals surface area contributed by atoms with Crippen molar-refractivity contribution in [1.29, 1.82) is 0 Å². The molecule has 0 amide bonds. The van der Waals surface area contributed by atoms with Gasteiger partial charge in [0.2, 0.25) is 0 Å². The Labute approximate surface area is 166 Å². The monoisotopic (exact) mass is 407 g/mol. The van der Waals surface area contributed by atoms with Crippen LogP contribution in [0, 0.1) is 6.92 Å². The molecule has 3 rings (SSSR count). The van der Waals surface area contributed by atoms with E-state index in [1.807, 2.05) is 38.4 Å². The van der Waals surface area contributed by atoms with Crippen LogP contribution in [0.2, 0.25) is 0 Å². The lowest BCUT2D eigenvalue weighted by Gasteiger charge is -2.02. The second-order valence-corrected chi connectivity index (χ2v) is 6.05. The number of ether oxygens (including phenoxy) is 1. The van der Waals surface area contributed by atoms with Crippen molar-refractivity contribution < 1.29 is 28.5 Å². The minimum Gasteiger partial charge on any atom is -0.497 e. The van der Waals surface area contributed by atoms with E-state index < -0.39 is 5.92 Å². The minimum absolute atomic E-state index is 0.00694. The van der Waals surface area contributed by atoms with Crippen molar-refractivity contribution >= 4 is 6.47 Å². The number of benzene rings is 1. The zero-order valence-corrected chi connectivity index (χ0v) is 17.2. The molecule has 1 unspecified atom stereocenters. The molecule has 2 aliphatic heterocycles. The van der Waals surface area contributed by atoms with Crippen LogP contribution in [0.15, 0.2) is 24.3 Å². The molecule has 7 nitrogen and oxygen atoms in total. The van der Waals surface area contributed by atoms with Crippen LogP contribution in [0.3, 0.4) is 0 Å². The second kappa shape index (κ2) is 18.5.